The topological polar surface area (TPSA) is 55.4 Å². The van der Waals surface area contributed by atoms with E-state index in [1.54, 1.807) is 0 Å². The van der Waals surface area contributed by atoms with Crippen LogP contribution in [-0.2, 0) is 15.7 Å². The highest BCUT2D eigenvalue weighted by Gasteiger charge is 2.32. The van der Waals surface area contributed by atoms with E-state index in [9.17, 15) is 27.2 Å². The Balaban J connectivity index is 2.38. The van der Waals surface area contributed by atoms with E-state index in [1.807, 2.05) is 0 Å². The maximum absolute atomic E-state index is 13.4. The Hall–Kier alpha value is -2.12. The number of hydrogen-bond donors (Lipinski definition) is 1. The monoisotopic (exact) mass is 419 g/mol. The molecule has 0 fully saturated rings. The fourth-order valence-electron chi connectivity index (χ4n) is 2.76. The fraction of sp³-hybridized carbons (Fsp3) is 0.619. The van der Waals surface area contributed by atoms with Gasteiger partial charge in [0.2, 0.25) is 0 Å². The molecule has 1 aromatic rings. The van der Waals surface area contributed by atoms with Crippen LogP contribution in [0.4, 0.5) is 17.6 Å². The molecule has 8 heteroatoms. The molecule has 1 amide bonds. The summed E-state index contributed by atoms with van der Waals surface area (Å²) >= 11 is 0. The Bertz CT molecular complexity index is 662. The van der Waals surface area contributed by atoms with Crippen LogP contribution in [0.1, 0.15) is 81.1 Å². The normalized spacial score (nSPS) is 12.5. The molecule has 0 aliphatic heterocycles. The highest BCUT2D eigenvalue weighted by molar-refractivity contribution is 5.96. The lowest BCUT2D eigenvalue weighted by Crippen LogP contribution is -2.39. The molecule has 4 nitrogen and oxygen atoms in total. The highest BCUT2D eigenvalue weighted by Crippen LogP contribution is 2.30. The van der Waals surface area contributed by atoms with Crippen LogP contribution in [0.3, 0.4) is 0 Å². The number of carbonyl (C=O) groups excluding carboxylic acids is 2. The molecule has 0 aliphatic carbocycles. The van der Waals surface area contributed by atoms with Crippen LogP contribution in [0.25, 0.3) is 0 Å². The number of nitrogens with one attached hydrogen (secondary N) is 1. The highest BCUT2D eigenvalue weighted by atomic mass is 19.4. The van der Waals surface area contributed by atoms with Crippen LogP contribution >= 0.6 is 0 Å². The molecule has 0 saturated carbocycles. The van der Waals surface area contributed by atoms with Gasteiger partial charge in [0.15, 0.2) is 0 Å². The summed E-state index contributed by atoms with van der Waals surface area (Å²) in [6.07, 6.45) is 3.95. The second-order valence-corrected chi connectivity index (χ2v) is 7.06. The van der Waals surface area contributed by atoms with E-state index in [0.717, 1.165) is 19.3 Å². The molecule has 0 radical (unpaired) electrons. The van der Waals surface area contributed by atoms with Gasteiger partial charge >= 0.3 is 12.1 Å². The summed E-state index contributed by atoms with van der Waals surface area (Å²) in [6, 6.07) is 0.465. The molecular weight excluding hydrogens is 390 g/mol. The first-order chi connectivity index (χ1) is 13.6. The number of ether oxygens (including phenoxy) is 1. The minimum atomic E-state index is -4.78. The number of hydrogen-bond acceptors (Lipinski definition) is 3. The molecule has 29 heavy (non-hydrogen) atoms. The van der Waals surface area contributed by atoms with Gasteiger partial charge in [-0.05, 0) is 31.5 Å². The standard InChI is InChI=1S/C21H29F4NO3/c1-3-4-5-6-7-8-9-10-11-29-20(28)15(2)26-19(27)16-12-17(21(23,24)25)14-18(22)13-16/h12-15H,3-11H2,1-2H3,(H,26,27). The first-order valence-electron chi connectivity index (χ1n) is 10.0. The second kappa shape index (κ2) is 12.4. The third-order valence-corrected chi connectivity index (χ3v) is 4.43. The van der Waals surface area contributed by atoms with E-state index in [2.05, 4.69) is 12.2 Å². The van der Waals surface area contributed by atoms with Crippen LogP contribution < -0.4 is 5.32 Å². The molecule has 1 N–H and O–H groups in total. The van der Waals surface area contributed by atoms with E-state index < -0.39 is 41.0 Å². The molecule has 0 saturated heterocycles. The Morgan fingerprint density at radius 3 is 2.17 bits per heavy atom. The molecule has 0 spiro atoms. The molecule has 1 aromatic carbocycles. The summed E-state index contributed by atoms with van der Waals surface area (Å²) in [6.45, 7) is 3.74. The average molecular weight is 419 g/mol. The van der Waals surface area contributed by atoms with Crippen molar-refractivity contribution in [3.8, 4) is 0 Å². The Morgan fingerprint density at radius 1 is 1.00 bits per heavy atom. The van der Waals surface area contributed by atoms with Crippen molar-refractivity contribution in [2.45, 2.75) is 77.4 Å². The van der Waals surface area contributed by atoms with Crippen molar-refractivity contribution in [3.63, 3.8) is 0 Å². The Kier molecular flexibility index (Phi) is 10.7. The van der Waals surface area contributed by atoms with Crippen molar-refractivity contribution in [2.24, 2.45) is 0 Å². The van der Waals surface area contributed by atoms with Crippen molar-refractivity contribution in [1.29, 1.82) is 0 Å². The number of esters is 1. The van der Waals surface area contributed by atoms with E-state index in [-0.39, 0.29) is 6.61 Å². The first kappa shape index (κ1) is 24.9. The number of rotatable bonds is 12. The SMILES string of the molecule is CCCCCCCCCCOC(=O)C(C)NC(=O)c1cc(F)cc(C(F)(F)F)c1. The zero-order valence-electron chi connectivity index (χ0n) is 16.9. The average Bonchev–Trinajstić information content (AvgIpc) is 2.65. The summed E-state index contributed by atoms with van der Waals surface area (Å²) in [5.41, 5.74) is -1.78. The van der Waals surface area contributed by atoms with Crippen molar-refractivity contribution in [1.82, 2.24) is 5.32 Å². The van der Waals surface area contributed by atoms with Gasteiger partial charge in [-0.15, -0.1) is 0 Å². The largest absolute Gasteiger partial charge is 0.464 e. The molecule has 1 rings (SSSR count). The molecule has 0 heterocycles. The van der Waals surface area contributed by atoms with Gasteiger partial charge in [-0.1, -0.05) is 51.9 Å². The van der Waals surface area contributed by atoms with Crippen molar-refractivity contribution in [3.05, 3.63) is 35.1 Å². The number of amides is 1. The molecular formula is C21H29F4NO3. The van der Waals surface area contributed by atoms with Crippen LogP contribution in [-0.4, -0.2) is 24.5 Å². The van der Waals surface area contributed by atoms with Gasteiger partial charge in [-0.2, -0.15) is 13.2 Å². The van der Waals surface area contributed by atoms with Crippen LogP contribution in [0.15, 0.2) is 18.2 Å². The van der Waals surface area contributed by atoms with Crippen LogP contribution in [0.2, 0.25) is 0 Å². The van der Waals surface area contributed by atoms with E-state index in [4.69, 9.17) is 4.74 Å². The minimum Gasteiger partial charge on any atom is -0.464 e. The maximum atomic E-state index is 13.4. The Morgan fingerprint density at radius 2 is 1.59 bits per heavy atom. The van der Waals surface area contributed by atoms with Gasteiger partial charge in [0, 0.05) is 5.56 Å². The summed E-state index contributed by atoms with van der Waals surface area (Å²) in [5, 5.41) is 2.24. The summed E-state index contributed by atoms with van der Waals surface area (Å²) in [4.78, 5) is 24.0. The van der Waals surface area contributed by atoms with E-state index >= 15 is 0 Å². The molecule has 0 aromatic heterocycles. The second-order valence-electron chi connectivity index (χ2n) is 7.06. The summed E-state index contributed by atoms with van der Waals surface area (Å²) < 4.78 is 56.7. The van der Waals surface area contributed by atoms with Gasteiger partial charge in [0.1, 0.15) is 11.9 Å². The number of halogens is 4. The molecule has 164 valence electrons. The first-order valence-corrected chi connectivity index (χ1v) is 10.0. The van der Waals surface area contributed by atoms with E-state index in [1.165, 1.54) is 32.6 Å². The van der Waals surface area contributed by atoms with Crippen molar-refractivity contribution < 1.29 is 31.9 Å². The fourth-order valence-corrected chi connectivity index (χ4v) is 2.76. The number of unbranched alkanes of at least 4 members (excludes halogenated alkanes) is 7. The zero-order chi connectivity index (χ0) is 21.9. The van der Waals surface area contributed by atoms with Gasteiger partial charge in [-0.3, -0.25) is 4.79 Å². The van der Waals surface area contributed by atoms with Crippen molar-refractivity contribution >= 4 is 11.9 Å². The van der Waals surface area contributed by atoms with Crippen molar-refractivity contribution in [2.75, 3.05) is 6.61 Å². The van der Waals surface area contributed by atoms with E-state index in [0.29, 0.717) is 24.6 Å². The lowest BCUT2D eigenvalue weighted by atomic mass is 10.1. The third-order valence-electron chi connectivity index (χ3n) is 4.43. The number of benzene rings is 1. The predicted molar refractivity (Wildman–Crippen MR) is 102 cm³/mol. The lowest BCUT2D eigenvalue weighted by Gasteiger charge is -2.14. The van der Waals surface area contributed by atoms with Gasteiger partial charge in [0.25, 0.3) is 5.91 Å². The lowest BCUT2D eigenvalue weighted by molar-refractivity contribution is -0.145. The molecule has 0 aliphatic rings. The Labute approximate surface area is 169 Å². The third kappa shape index (κ3) is 9.76. The van der Waals surface area contributed by atoms with Gasteiger partial charge in [0.05, 0.1) is 12.2 Å². The predicted octanol–water partition coefficient (Wildman–Crippen LogP) is 5.65. The molecule has 0 bridgehead atoms. The number of alkyl halides is 3. The summed E-state index contributed by atoms with van der Waals surface area (Å²) in [5.74, 6) is -2.85. The van der Waals surface area contributed by atoms with Crippen LogP contribution in [0, 0.1) is 5.82 Å². The minimum absolute atomic E-state index is 0.214. The van der Waals surface area contributed by atoms with Gasteiger partial charge in [-0.25, -0.2) is 9.18 Å². The van der Waals surface area contributed by atoms with Crippen LogP contribution in [0.5, 0.6) is 0 Å². The maximum Gasteiger partial charge on any atom is 0.416 e. The molecule has 1 atom stereocenters. The molecule has 1 unspecified atom stereocenters. The van der Waals surface area contributed by atoms with Gasteiger partial charge < -0.3 is 10.1 Å². The number of carbonyl (C=O) groups is 2. The summed E-state index contributed by atoms with van der Waals surface area (Å²) in [7, 11) is 0. The quantitative estimate of drug-likeness (QED) is 0.271. The smallest absolute Gasteiger partial charge is 0.416 e. The zero-order valence-corrected chi connectivity index (χ0v) is 16.9.